The molecule has 1 aromatic rings. The molecule has 0 unspecified atom stereocenters. The number of hydrogen-bond donors (Lipinski definition) is 0. The van der Waals surface area contributed by atoms with E-state index in [1.54, 1.807) is 19.1 Å². The van der Waals surface area contributed by atoms with Crippen LogP contribution in [0.25, 0.3) is 0 Å². The van der Waals surface area contributed by atoms with E-state index in [1.807, 2.05) is 6.07 Å². The second-order valence-corrected chi connectivity index (χ2v) is 4.57. The molecule has 0 aromatic heterocycles. The fourth-order valence-electron chi connectivity index (χ4n) is 1.15. The zero-order valence-corrected chi connectivity index (χ0v) is 11.2. The van der Waals surface area contributed by atoms with Gasteiger partial charge in [0.2, 0.25) is 0 Å². The average molecular weight is 333 g/mol. The van der Waals surface area contributed by atoms with Gasteiger partial charge in [0.05, 0.1) is 0 Å². The highest BCUT2D eigenvalue weighted by Crippen LogP contribution is 2.19. The summed E-state index contributed by atoms with van der Waals surface area (Å²) in [5.41, 5.74) is 0.695. The number of rotatable bonds is 3. The first-order chi connectivity index (χ1) is 7.15. The second kappa shape index (κ2) is 6.14. The van der Waals surface area contributed by atoms with Crippen molar-refractivity contribution in [2.24, 2.45) is 0 Å². The molecule has 0 aliphatic heterocycles. The van der Waals surface area contributed by atoms with Crippen LogP contribution in [0.4, 0.5) is 0 Å². The maximum atomic E-state index is 11.8. The molecule has 0 spiro atoms. The fourth-order valence-corrected chi connectivity index (χ4v) is 1.96. The van der Waals surface area contributed by atoms with Gasteiger partial charge in [-0.2, -0.15) is 0 Å². The molecule has 0 bridgehead atoms. The highest BCUT2D eigenvalue weighted by molar-refractivity contribution is 14.1. The molecule has 0 aliphatic rings. The molecule has 1 aromatic carbocycles. The number of benzene rings is 1. The van der Waals surface area contributed by atoms with Crippen molar-refractivity contribution in [2.45, 2.75) is 19.8 Å². The first-order valence-electron chi connectivity index (χ1n) is 4.53. The normalized spacial score (nSPS) is 9.27. The van der Waals surface area contributed by atoms with Crippen LogP contribution in [0.5, 0.6) is 0 Å². The summed E-state index contributed by atoms with van der Waals surface area (Å²) >= 11 is 7.98. The molecular formula is C12H10ClIO. The topological polar surface area (TPSA) is 17.1 Å². The third kappa shape index (κ3) is 3.84. The van der Waals surface area contributed by atoms with Gasteiger partial charge in [-0.15, -0.1) is 11.8 Å². The molecule has 0 radical (unpaired) electrons. The van der Waals surface area contributed by atoms with Gasteiger partial charge in [-0.3, -0.25) is 4.79 Å². The predicted molar refractivity (Wildman–Crippen MR) is 71.2 cm³/mol. The molecular weight excluding hydrogens is 322 g/mol. The highest BCUT2D eigenvalue weighted by Gasteiger charge is 2.09. The average Bonchev–Trinajstić information content (AvgIpc) is 2.22. The molecule has 15 heavy (non-hydrogen) atoms. The van der Waals surface area contributed by atoms with Gasteiger partial charge in [-0.1, -0.05) is 11.6 Å². The quantitative estimate of drug-likeness (QED) is 0.466. The fraction of sp³-hybridized carbons (Fsp3) is 0.250. The zero-order valence-electron chi connectivity index (χ0n) is 8.31. The Labute approximate surface area is 108 Å². The van der Waals surface area contributed by atoms with Gasteiger partial charge < -0.3 is 0 Å². The van der Waals surface area contributed by atoms with Gasteiger partial charge in [0, 0.05) is 27.0 Å². The monoisotopic (exact) mass is 332 g/mol. The van der Waals surface area contributed by atoms with Gasteiger partial charge >= 0.3 is 0 Å². The van der Waals surface area contributed by atoms with Crippen LogP contribution in [0.2, 0.25) is 5.02 Å². The summed E-state index contributed by atoms with van der Waals surface area (Å²) in [4.78, 5) is 11.8. The van der Waals surface area contributed by atoms with E-state index in [2.05, 4.69) is 34.4 Å². The van der Waals surface area contributed by atoms with Crippen molar-refractivity contribution >= 4 is 40.0 Å². The molecule has 0 aliphatic carbocycles. The minimum Gasteiger partial charge on any atom is -0.294 e. The van der Waals surface area contributed by atoms with Gasteiger partial charge in [0.25, 0.3) is 0 Å². The molecule has 0 heterocycles. The largest absolute Gasteiger partial charge is 0.294 e. The summed E-state index contributed by atoms with van der Waals surface area (Å²) in [5, 5.41) is 0.598. The van der Waals surface area contributed by atoms with Crippen molar-refractivity contribution < 1.29 is 4.79 Å². The van der Waals surface area contributed by atoms with Crippen molar-refractivity contribution in [3.8, 4) is 11.8 Å². The number of carbonyl (C=O) groups excluding carboxylic acids is 1. The molecule has 1 rings (SSSR count). The Kier molecular flexibility index (Phi) is 5.13. The second-order valence-electron chi connectivity index (χ2n) is 2.97. The Balaban J connectivity index is 2.80. The van der Waals surface area contributed by atoms with E-state index in [4.69, 9.17) is 11.6 Å². The summed E-state index contributed by atoms with van der Waals surface area (Å²) in [6, 6.07) is 5.35. The van der Waals surface area contributed by atoms with Gasteiger partial charge in [-0.25, -0.2) is 0 Å². The van der Waals surface area contributed by atoms with E-state index in [0.29, 0.717) is 23.4 Å². The van der Waals surface area contributed by atoms with Crippen molar-refractivity contribution in [3.63, 3.8) is 0 Å². The maximum Gasteiger partial charge on any atom is 0.164 e. The summed E-state index contributed by atoms with van der Waals surface area (Å²) in [5.74, 6) is 5.75. The van der Waals surface area contributed by atoms with Crippen LogP contribution in [-0.4, -0.2) is 5.78 Å². The zero-order chi connectivity index (χ0) is 11.3. The third-order valence-electron chi connectivity index (χ3n) is 1.88. The lowest BCUT2D eigenvalue weighted by Gasteiger charge is -2.02. The standard InChI is InChI=1S/C12H10ClIO/c1-2-3-4-5-12(15)10-8-9(13)6-7-11(10)14/h6-8H,4-5H2,1H3. The van der Waals surface area contributed by atoms with E-state index in [-0.39, 0.29) is 5.78 Å². The maximum absolute atomic E-state index is 11.8. The SMILES string of the molecule is CC#CCCC(=O)c1cc(Cl)ccc1I. The van der Waals surface area contributed by atoms with Crippen molar-refractivity contribution in [1.29, 1.82) is 0 Å². The van der Waals surface area contributed by atoms with E-state index in [0.717, 1.165) is 3.57 Å². The Hall–Kier alpha value is -0.530. The van der Waals surface area contributed by atoms with E-state index in [1.165, 1.54) is 0 Å². The smallest absolute Gasteiger partial charge is 0.164 e. The van der Waals surface area contributed by atoms with Gasteiger partial charge in [0.1, 0.15) is 0 Å². The van der Waals surface area contributed by atoms with E-state index < -0.39 is 0 Å². The summed E-state index contributed by atoms with van der Waals surface area (Å²) in [6.45, 7) is 1.77. The predicted octanol–water partition coefficient (Wildman–Crippen LogP) is 3.93. The minimum absolute atomic E-state index is 0.102. The number of carbonyl (C=O) groups is 1. The van der Waals surface area contributed by atoms with Crippen molar-refractivity contribution in [2.75, 3.05) is 0 Å². The summed E-state index contributed by atoms with van der Waals surface area (Å²) in [6.07, 6.45) is 1.06. The van der Waals surface area contributed by atoms with Crippen LogP contribution < -0.4 is 0 Å². The number of ketones is 1. The Morgan fingerprint density at radius 3 is 2.93 bits per heavy atom. The van der Waals surface area contributed by atoms with Crippen LogP contribution in [0.1, 0.15) is 30.1 Å². The number of Topliss-reactive ketones (excluding diaryl/α,β-unsaturated/α-hetero) is 1. The van der Waals surface area contributed by atoms with Crippen LogP contribution >= 0.6 is 34.2 Å². The lowest BCUT2D eigenvalue weighted by Crippen LogP contribution is -2.01. The lowest BCUT2D eigenvalue weighted by atomic mass is 10.1. The molecule has 0 N–H and O–H groups in total. The molecule has 78 valence electrons. The van der Waals surface area contributed by atoms with E-state index >= 15 is 0 Å². The first kappa shape index (κ1) is 12.5. The molecule has 0 amide bonds. The minimum atomic E-state index is 0.102. The van der Waals surface area contributed by atoms with Crippen LogP contribution in [0.3, 0.4) is 0 Å². The third-order valence-corrected chi connectivity index (χ3v) is 3.06. The first-order valence-corrected chi connectivity index (χ1v) is 5.98. The summed E-state index contributed by atoms with van der Waals surface area (Å²) < 4.78 is 0.937. The molecule has 3 heteroatoms. The van der Waals surface area contributed by atoms with Crippen LogP contribution in [0.15, 0.2) is 18.2 Å². The Bertz CT molecular complexity index is 429. The number of hydrogen-bond acceptors (Lipinski definition) is 1. The molecule has 0 saturated heterocycles. The highest BCUT2D eigenvalue weighted by atomic mass is 127. The Morgan fingerprint density at radius 1 is 1.53 bits per heavy atom. The number of halogens is 2. The molecule has 0 saturated carbocycles. The molecule has 0 atom stereocenters. The summed E-state index contributed by atoms with van der Waals surface area (Å²) in [7, 11) is 0. The van der Waals surface area contributed by atoms with Crippen LogP contribution in [-0.2, 0) is 0 Å². The molecule has 1 nitrogen and oxygen atoms in total. The lowest BCUT2D eigenvalue weighted by molar-refractivity contribution is 0.0983. The van der Waals surface area contributed by atoms with Crippen molar-refractivity contribution in [3.05, 3.63) is 32.4 Å². The van der Waals surface area contributed by atoms with Crippen molar-refractivity contribution in [1.82, 2.24) is 0 Å². The van der Waals surface area contributed by atoms with E-state index in [9.17, 15) is 4.79 Å². The van der Waals surface area contributed by atoms with Gasteiger partial charge in [0.15, 0.2) is 5.78 Å². The Morgan fingerprint density at radius 2 is 2.27 bits per heavy atom. The molecule has 0 fully saturated rings. The van der Waals surface area contributed by atoms with Crippen LogP contribution in [0, 0.1) is 15.4 Å². The van der Waals surface area contributed by atoms with Gasteiger partial charge in [-0.05, 0) is 47.7 Å².